The molecule has 3 aliphatic carbocycles. The molecule has 124 valence electrons. The summed E-state index contributed by atoms with van der Waals surface area (Å²) in [5.74, 6) is 2.38. The van der Waals surface area contributed by atoms with Crippen LogP contribution >= 0.6 is 11.6 Å². The van der Waals surface area contributed by atoms with Crippen LogP contribution in [0.4, 0.5) is 9.18 Å². The van der Waals surface area contributed by atoms with Crippen molar-refractivity contribution in [2.24, 2.45) is 23.7 Å². The summed E-state index contributed by atoms with van der Waals surface area (Å²) < 4.78 is 13.4. The number of nitrogens with one attached hydrogen (secondary N) is 2. The fraction of sp³-hybridized carbons (Fsp3) is 0.588. The number of carbonyl (C=O) groups excluding carboxylic acids is 1. The summed E-state index contributed by atoms with van der Waals surface area (Å²) >= 11 is 5.62. The third-order valence-electron chi connectivity index (χ3n) is 5.82. The van der Waals surface area contributed by atoms with Crippen molar-refractivity contribution >= 4 is 17.6 Å². The summed E-state index contributed by atoms with van der Waals surface area (Å²) in [6.07, 6.45) is 3.01. The predicted octanol–water partition coefficient (Wildman–Crippen LogP) is 2.86. The van der Waals surface area contributed by atoms with Crippen LogP contribution in [0.5, 0.6) is 0 Å². The first kappa shape index (κ1) is 15.2. The lowest BCUT2D eigenvalue weighted by Gasteiger charge is -2.15. The van der Waals surface area contributed by atoms with Crippen LogP contribution in [0.25, 0.3) is 0 Å². The Bertz CT molecular complexity index is 625. The Morgan fingerprint density at radius 3 is 2.70 bits per heavy atom. The number of fused-ring (bicyclic) bond motifs is 5. The molecule has 0 heterocycles. The lowest BCUT2D eigenvalue weighted by Crippen LogP contribution is -2.40. The van der Waals surface area contributed by atoms with Crippen LogP contribution in [0.2, 0.25) is 5.02 Å². The molecule has 3 saturated carbocycles. The lowest BCUT2D eigenvalue weighted by atomic mass is 10.0. The number of amides is 2. The van der Waals surface area contributed by atoms with Gasteiger partial charge in [0.15, 0.2) is 0 Å². The first-order valence-corrected chi connectivity index (χ1v) is 8.60. The molecule has 0 saturated heterocycles. The fourth-order valence-electron chi connectivity index (χ4n) is 4.75. The molecular weight excluding hydrogens is 319 g/mol. The average Bonchev–Trinajstić information content (AvgIpc) is 2.92. The van der Waals surface area contributed by atoms with E-state index >= 15 is 0 Å². The number of rotatable bonds is 4. The van der Waals surface area contributed by atoms with Gasteiger partial charge in [0.1, 0.15) is 5.82 Å². The highest BCUT2D eigenvalue weighted by Gasteiger charge is 2.65. The monoisotopic (exact) mass is 338 g/mol. The molecule has 23 heavy (non-hydrogen) atoms. The van der Waals surface area contributed by atoms with Crippen molar-refractivity contribution in [2.75, 3.05) is 6.54 Å². The van der Waals surface area contributed by atoms with Crippen molar-refractivity contribution in [3.05, 3.63) is 34.6 Å². The summed E-state index contributed by atoms with van der Waals surface area (Å²) in [6.45, 7) is 0.0435. The van der Waals surface area contributed by atoms with E-state index in [0.29, 0.717) is 23.4 Å². The van der Waals surface area contributed by atoms with Gasteiger partial charge in [0, 0.05) is 12.6 Å². The van der Waals surface area contributed by atoms with E-state index in [1.165, 1.54) is 31.4 Å². The number of urea groups is 1. The van der Waals surface area contributed by atoms with Gasteiger partial charge in [-0.2, -0.15) is 0 Å². The average molecular weight is 339 g/mol. The Morgan fingerprint density at radius 1 is 1.35 bits per heavy atom. The van der Waals surface area contributed by atoms with Crippen LogP contribution < -0.4 is 10.6 Å². The third kappa shape index (κ3) is 2.70. The SMILES string of the molecule is O=C(NCC(O)c1ccc(Cl)c(F)c1)NC1C2C3CCC(C3)C12. The molecule has 1 aromatic carbocycles. The molecular formula is C17H20ClFN2O2. The number of hydrogen-bond donors (Lipinski definition) is 3. The minimum absolute atomic E-state index is 0.0153. The summed E-state index contributed by atoms with van der Waals surface area (Å²) in [7, 11) is 0. The van der Waals surface area contributed by atoms with Gasteiger partial charge in [-0.1, -0.05) is 17.7 Å². The molecule has 2 bridgehead atoms. The van der Waals surface area contributed by atoms with E-state index in [0.717, 1.165) is 11.8 Å². The topological polar surface area (TPSA) is 61.4 Å². The van der Waals surface area contributed by atoms with Crippen molar-refractivity contribution in [2.45, 2.75) is 31.4 Å². The molecule has 2 amide bonds. The maximum atomic E-state index is 13.4. The number of aliphatic hydroxyl groups excluding tert-OH is 1. The lowest BCUT2D eigenvalue weighted by molar-refractivity contribution is 0.172. The van der Waals surface area contributed by atoms with Crippen LogP contribution in [0.1, 0.15) is 30.9 Å². The molecule has 0 aliphatic heterocycles. The smallest absolute Gasteiger partial charge is 0.315 e. The van der Waals surface area contributed by atoms with Gasteiger partial charge in [0.2, 0.25) is 0 Å². The Labute approximate surface area is 139 Å². The molecule has 0 spiro atoms. The van der Waals surface area contributed by atoms with E-state index in [1.807, 2.05) is 0 Å². The van der Waals surface area contributed by atoms with Crippen molar-refractivity contribution in [3.8, 4) is 0 Å². The van der Waals surface area contributed by atoms with Crippen molar-refractivity contribution < 1.29 is 14.3 Å². The molecule has 3 N–H and O–H groups in total. The van der Waals surface area contributed by atoms with Gasteiger partial charge in [0.05, 0.1) is 11.1 Å². The van der Waals surface area contributed by atoms with Gasteiger partial charge in [-0.15, -0.1) is 0 Å². The quantitative estimate of drug-likeness (QED) is 0.790. The van der Waals surface area contributed by atoms with Crippen molar-refractivity contribution in [1.82, 2.24) is 10.6 Å². The molecule has 0 aromatic heterocycles. The van der Waals surface area contributed by atoms with Crippen molar-refractivity contribution in [1.29, 1.82) is 0 Å². The normalized spacial score (nSPS) is 34.8. The first-order valence-electron chi connectivity index (χ1n) is 8.22. The fourth-order valence-corrected chi connectivity index (χ4v) is 4.87. The summed E-state index contributed by atoms with van der Waals surface area (Å²) in [6, 6.07) is 4.20. The Morgan fingerprint density at radius 2 is 2.04 bits per heavy atom. The van der Waals surface area contributed by atoms with Gasteiger partial charge < -0.3 is 15.7 Å². The number of halogens is 2. The number of hydrogen-bond acceptors (Lipinski definition) is 2. The highest BCUT2D eigenvalue weighted by molar-refractivity contribution is 6.30. The van der Waals surface area contributed by atoms with E-state index in [4.69, 9.17) is 11.6 Å². The third-order valence-corrected chi connectivity index (χ3v) is 6.12. The van der Waals surface area contributed by atoms with Crippen LogP contribution in [-0.4, -0.2) is 23.7 Å². The number of carbonyl (C=O) groups is 1. The Balaban J connectivity index is 1.26. The van der Waals surface area contributed by atoms with Gasteiger partial charge in [-0.05, 0) is 60.6 Å². The molecule has 1 aromatic rings. The maximum absolute atomic E-state index is 13.4. The van der Waals surface area contributed by atoms with E-state index in [1.54, 1.807) is 6.07 Å². The molecule has 4 nitrogen and oxygen atoms in total. The summed E-state index contributed by atoms with van der Waals surface area (Å²) in [5, 5.41) is 15.8. The molecule has 5 atom stereocenters. The molecule has 6 heteroatoms. The van der Waals surface area contributed by atoms with E-state index in [-0.39, 0.29) is 17.6 Å². The highest BCUT2D eigenvalue weighted by Crippen LogP contribution is 2.65. The zero-order valence-electron chi connectivity index (χ0n) is 12.6. The molecule has 5 unspecified atom stereocenters. The number of benzene rings is 1. The van der Waals surface area contributed by atoms with E-state index in [2.05, 4.69) is 10.6 Å². The number of aliphatic hydroxyl groups is 1. The minimum Gasteiger partial charge on any atom is -0.387 e. The van der Waals surface area contributed by atoms with Gasteiger partial charge in [-0.25, -0.2) is 9.18 Å². The molecule has 3 aliphatic rings. The van der Waals surface area contributed by atoms with E-state index in [9.17, 15) is 14.3 Å². The van der Waals surface area contributed by atoms with Crippen LogP contribution in [-0.2, 0) is 0 Å². The van der Waals surface area contributed by atoms with Crippen LogP contribution in [0.15, 0.2) is 18.2 Å². The molecule has 0 radical (unpaired) electrons. The van der Waals surface area contributed by atoms with Gasteiger partial charge >= 0.3 is 6.03 Å². The molecule has 3 fully saturated rings. The highest BCUT2D eigenvalue weighted by atomic mass is 35.5. The second-order valence-electron chi connectivity index (χ2n) is 7.06. The zero-order chi connectivity index (χ0) is 16.1. The standard InChI is InChI=1S/C17H20ClFN2O2/c18-11-4-3-8(6-12(11)19)13(22)7-20-17(23)21-16-14-9-1-2-10(5-9)15(14)16/h3-4,6,9-10,13-16,22H,1-2,5,7H2,(H2,20,21,23). The maximum Gasteiger partial charge on any atom is 0.315 e. The van der Waals surface area contributed by atoms with Gasteiger partial charge in [0.25, 0.3) is 0 Å². The molecule has 4 rings (SSSR count). The summed E-state index contributed by atoms with van der Waals surface area (Å²) in [4.78, 5) is 12.0. The second kappa shape index (κ2) is 5.64. The Hall–Kier alpha value is -1.33. The predicted molar refractivity (Wildman–Crippen MR) is 84.5 cm³/mol. The minimum atomic E-state index is -0.956. The second-order valence-corrected chi connectivity index (χ2v) is 7.46. The summed E-state index contributed by atoms with van der Waals surface area (Å²) in [5.41, 5.74) is 0.397. The largest absolute Gasteiger partial charge is 0.387 e. The van der Waals surface area contributed by atoms with E-state index < -0.39 is 11.9 Å². The van der Waals surface area contributed by atoms with Crippen molar-refractivity contribution in [3.63, 3.8) is 0 Å². The zero-order valence-corrected chi connectivity index (χ0v) is 13.4. The first-order chi connectivity index (χ1) is 11.0. The van der Waals surface area contributed by atoms with Crippen LogP contribution in [0.3, 0.4) is 0 Å². The van der Waals surface area contributed by atoms with Gasteiger partial charge in [-0.3, -0.25) is 0 Å². The Kier molecular flexibility index (Phi) is 3.73. The van der Waals surface area contributed by atoms with Crippen LogP contribution in [0, 0.1) is 29.5 Å².